The van der Waals surface area contributed by atoms with Gasteiger partial charge in [-0.2, -0.15) is 0 Å². The summed E-state index contributed by atoms with van der Waals surface area (Å²) in [5.74, 6) is -2.97. The van der Waals surface area contributed by atoms with E-state index < -0.39 is 29.1 Å². The van der Waals surface area contributed by atoms with Crippen LogP contribution in [0.2, 0.25) is 0 Å². The molecule has 0 saturated carbocycles. The van der Waals surface area contributed by atoms with Crippen molar-refractivity contribution in [2.75, 3.05) is 20.1 Å². The lowest BCUT2D eigenvalue weighted by atomic mass is 10.2. The van der Waals surface area contributed by atoms with Crippen molar-refractivity contribution in [3.8, 4) is 5.75 Å². The van der Waals surface area contributed by atoms with Gasteiger partial charge in [-0.1, -0.05) is 0 Å². The van der Waals surface area contributed by atoms with Gasteiger partial charge in [0.05, 0.1) is 0 Å². The highest BCUT2D eigenvalue weighted by atomic mass is 19.1. The maximum atomic E-state index is 13.2. The zero-order chi connectivity index (χ0) is 16.9. The van der Waals surface area contributed by atoms with E-state index in [4.69, 9.17) is 9.84 Å². The number of likely N-dealkylation sites (N-methyl/N-ethyl adjacent to an activating group) is 1. The van der Waals surface area contributed by atoms with E-state index in [1.807, 2.05) is 0 Å². The first-order chi connectivity index (χ1) is 10.1. The van der Waals surface area contributed by atoms with Crippen LogP contribution in [0, 0.1) is 11.6 Å². The molecule has 0 aromatic heterocycles. The van der Waals surface area contributed by atoms with Gasteiger partial charge in [-0.05, 0) is 38.5 Å². The lowest BCUT2D eigenvalue weighted by Crippen LogP contribution is -2.37. The number of carbonyl (C=O) groups excluding carboxylic acids is 1. The van der Waals surface area contributed by atoms with Crippen LogP contribution in [-0.2, 0) is 11.3 Å². The summed E-state index contributed by atoms with van der Waals surface area (Å²) in [6.07, 6.45) is -0.434. The molecule has 1 rings (SSSR count). The van der Waals surface area contributed by atoms with Crippen LogP contribution in [0.25, 0.3) is 0 Å². The quantitative estimate of drug-likeness (QED) is 0.820. The third-order valence-electron chi connectivity index (χ3n) is 2.73. The highest BCUT2D eigenvalue weighted by Gasteiger charge is 2.19. The van der Waals surface area contributed by atoms with E-state index in [0.717, 1.165) is 12.1 Å². The maximum absolute atomic E-state index is 13.2. The van der Waals surface area contributed by atoms with Gasteiger partial charge in [0.1, 0.15) is 5.60 Å². The largest absolute Gasteiger partial charge is 0.503 e. The summed E-state index contributed by atoms with van der Waals surface area (Å²) in [4.78, 5) is 13.1. The van der Waals surface area contributed by atoms with Crippen LogP contribution >= 0.6 is 0 Å². The van der Waals surface area contributed by atoms with Crippen molar-refractivity contribution in [1.82, 2.24) is 10.2 Å². The van der Waals surface area contributed by atoms with E-state index in [1.165, 1.54) is 4.90 Å². The molecule has 1 aromatic carbocycles. The van der Waals surface area contributed by atoms with Crippen LogP contribution in [0.15, 0.2) is 12.1 Å². The van der Waals surface area contributed by atoms with Crippen LogP contribution in [0.3, 0.4) is 0 Å². The SMILES string of the molecule is CN(CCNCc1cc(F)c(O)c(F)c1)C(=O)OC(C)(C)C. The molecule has 1 aromatic rings. The number of nitrogens with one attached hydrogen (secondary N) is 1. The first-order valence-electron chi connectivity index (χ1n) is 6.92. The van der Waals surface area contributed by atoms with Gasteiger partial charge >= 0.3 is 6.09 Å². The Balaban J connectivity index is 2.38. The Morgan fingerprint density at radius 3 is 2.36 bits per heavy atom. The number of carbonyl (C=O) groups is 1. The molecule has 7 heteroatoms. The highest BCUT2D eigenvalue weighted by molar-refractivity contribution is 5.67. The minimum absolute atomic E-state index is 0.219. The lowest BCUT2D eigenvalue weighted by Gasteiger charge is -2.24. The van der Waals surface area contributed by atoms with Crippen molar-refractivity contribution in [1.29, 1.82) is 0 Å². The van der Waals surface area contributed by atoms with Crippen molar-refractivity contribution in [3.63, 3.8) is 0 Å². The van der Waals surface area contributed by atoms with Gasteiger partial charge in [-0.25, -0.2) is 13.6 Å². The second-order valence-corrected chi connectivity index (χ2v) is 5.99. The molecule has 22 heavy (non-hydrogen) atoms. The second kappa shape index (κ2) is 7.40. The van der Waals surface area contributed by atoms with Crippen LogP contribution in [-0.4, -0.2) is 41.8 Å². The fraction of sp³-hybridized carbons (Fsp3) is 0.533. The molecule has 0 fully saturated rings. The predicted molar refractivity (Wildman–Crippen MR) is 78.6 cm³/mol. The standard InChI is InChI=1S/C15H22F2N2O3/c1-15(2,3)22-14(21)19(4)6-5-18-9-10-7-11(16)13(20)12(17)8-10/h7-8,18,20H,5-6,9H2,1-4H3. The average Bonchev–Trinajstić information content (AvgIpc) is 2.38. The summed E-state index contributed by atoms with van der Waals surface area (Å²) in [6.45, 7) is 6.38. The molecule has 124 valence electrons. The van der Waals surface area contributed by atoms with Crippen molar-refractivity contribution >= 4 is 6.09 Å². The van der Waals surface area contributed by atoms with Gasteiger partial charge in [-0.3, -0.25) is 0 Å². The van der Waals surface area contributed by atoms with Crippen molar-refractivity contribution in [2.45, 2.75) is 32.9 Å². The summed E-state index contributed by atoms with van der Waals surface area (Å²) < 4.78 is 31.5. The predicted octanol–water partition coefficient (Wildman–Crippen LogP) is 2.63. The third-order valence-corrected chi connectivity index (χ3v) is 2.73. The monoisotopic (exact) mass is 316 g/mol. The normalized spacial score (nSPS) is 11.4. The zero-order valence-electron chi connectivity index (χ0n) is 13.2. The molecule has 0 radical (unpaired) electrons. The first-order valence-corrected chi connectivity index (χ1v) is 6.92. The van der Waals surface area contributed by atoms with Gasteiger partial charge in [0.15, 0.2) is 17.4 Å². The number of hydrogen-bond acceptors (Lipinski definition) is 4. The number of nitrogens with zero attached hydrogens (tertiary/aromatic N) is 1. The molecule has 5 nitrogen and oxygen atoms in total. The van der Waals surface area contributed by atoms with Crippen molar-refractivity contribution in [2.24, 2.45) is 0 Å². The average molecular weight is 316 g/mol. The summed E-state index contributed by atoms with van der Waals surface area (Å²) >= 11 is 0. The Morgan fingerprint density at radius 2 is 1.86 bits per heavy atom. The molecule has 0 heterocycles. The van der Waals surface area contributed by atoms with E-state index in [0.29, 0.717) is 18.7 Å². The molecule has 2 N–H and O–H groups in total. The van der Waals surface area contributed by atoms with Crippen LogP contribution in [0.5, 0.6) is 5.75 Å². The highest BCUT2D eigenvalue weighted by Crippen LogP contribution is 2.21. The molecule has 0 spiro atoms. The minimum atomic E-state index is -0.998. The minimum Gasteiger partial charge on any atom is -0.503 e. The molecular weight excluding hydrogens is 294 g/mol. The number of hydrogen-bond donors (Lipinski definition) is 2. The van der Waals surface area contributed by atoms with Crippen molar-refractivity contribution in [3.05, 3.63) is 29.3 Å². The fourth-order valence-corrected chi connectivity index (χ4v) is 1.63. The van der Waals surface area contributed by atoms with Gasteiger partial charge in [-0.15, -0.1) is 0 Å². The summed E-state index contributed by atoms with van der Waals surface area (Å²) in [6, 6.07) is 2.12. The number of phenols is 1. The van der Waals surface area contributed by atoms with E-state index in [-0.39, 0.29) is 6.54 Å². The fourth-order valence-electron chi connectivity index (χ4n) is 1.63. The second-order valence-electron chi connectivity index (χ2n) is 5.99. The molecule has 0 atom stereocenters. The van der Waals surface area contributed by atoms with Gasteiger partial charge in [0.2, 0.25) is 0 Å². The number of aromatic hydroxyl groups is 1. The molecule has 0 aliphatic rings. The van der Waals surface area contributed by atoms with Crippen LogP contribution in [0.4, 0.5) is 13.6 Å². The molecule has 0 aliphatic carbocycles. The Hall–Kier alpha value is -1.89. The number of halogens is 2. The Kier molecular flexibility index (Phi) is 6.11. The smallest absolute Gasteiger partial charge is 0.410 e. The van der Waals surface area contributed by atoms with Crippen LogP contribution < -0.4 is 5.32 Å². The van der Waals surface area contributed by atoms with Gasteiger partial charge < -0.3 is 20.1 Å². The number of rotatable bonds is 5. The molecule has 0 unspecified atom stereocenters. The Morgan fingerprint density at radius 1 is 1.32 bits per heavy atom. The number of benzene rings is 1. The summed E-state index contributed by atoms with van der Waals surface area (Å²) in [5.41, 5.74) is -0.187. The number of amides is 1. The van der Waals surface area contributed by atoms with Crippen LogP contribution in [0.1, 0.15) is 26.3 Å². The van der Waals surface area contributed by atoms with Gasteiger partial charge in [0, 0.05) is 26.7 Å². The molecule has 0 saturated heterocycles. The molecular formula is C15H22F2N2O3. The summed E-state index contributed by atoms with van der Waals surface area (Å²) in [7, 11) is 1.61. The molecule has 0 aliphatic heterocycles. The third kappa shape index (κ3) is 5.85. The summed E-state index contributed by atoms with van der Waals surface area (Å²) in [5, 5.41) is 12.0. The van der Waals surface area contributed by atoms with Gasteiger partial charge in [0.25, 0.3) is 0 Å². The Bertz CT molecular complexity index is 507. The first kappa shape index (κ1) is 18.2. The van der Waals surface area contributed by atoms with E-state index in [1.54, 1.807) is 27.8 Å². The van der Waals surface area contributed by atoms with E-state index >= 15 is 0 Å². The number of ether oxygens (including phenoxy) is 1. The van der Waals surface area contributed by atoms with E-state index in [2.05, 4.69) is 5.32 Å². The lowest BCUT2D eigenvalue weighted by molar-refractivity contribution is 0.0300. The van der Waals surface area contributed by atoms with Crippen molar-refractivity contribution < 1.29 is 23.4 Å². The Labute approximate surface area is 128 Å². The molecule has 1 amide bonds. The van der Waals surface area contributed by atoms with E-state index in [9.17, 15) is 13.6 Å². The number of phenolic OH excluding ortho intramolecular Hbond substituents is 1. The zero-order valence-corrected chi connectivity index (χ0v) is 13.2. The maximum Gasteiger partial charge on any atom is 0.410 e. The molecule has 0 bridgehead atoms. The topological polar surface area (TPSA) is 61.8 Å².